The third kappa shape index (κ3) is 3.70. The maximum atomic E-state index is 4.81. The van der Waals surface area contributed by atoms with Crippen molar-refractivity contribution in [3.05, 3.63) is 72.7 Å². The van der Waals surface area contributed by atoms with E-state index in [0.717, 1.165) is 28.4 Å². The fourth-order valence-corrected chi connectivity index (χ4v) is 5.50. The topological polar surface area (TPSA) is 60.0 Å². The van der Waals surface area contributed by atoms with Crippen LogP contribution in [0.4, 0.5) is 5.13 Å². The first-order chi connectivity index (χ1) is 15.3. The molecule has 0 saturated heterocycles. The van der Waals surface area contributed by atoms with Gasteiger partial charge in [-0.1, -0.05) is 36.7 Å². The second-order valence-corrected chi connectivity index (χ2v) is 9.34. The van der Waals surface area contributed by atoms with Crippen LogP contribution in [-0.2, 0) is 6.42 Å². The number of rotatable bonds is 5. The van der Waals surface area contributed by atoms with Gasteiger partial charge in [-0.2, -0.15) is 0 Å². The molecular weight excluding hydrogens is 404 g/mol. The van der Waals surface area contributed by atoms with Gasteiger partial charge in [0.2, 0.25) is 0 Å². The van der Waals surface area contributed by atoms with Gasteiger partial charge in [0.25, 0.3) is 0 Å². The van der Waals surface area contributed by atoms with E-state index in [1.54, 1.807) is 23.9 Å². The fourth-order valence-electron chi connectivity index (χ4n) is 4.50. The van der Waals surface area contributed by atoms with Gasteiger partial charge in [0.15, 0.2) is 5.13 Å². The fraction of sp³-hybridized carbons (Fsp3) is 0.292. The lowest BCUT2D eigenvalue weighted by Gasteiger charge is -2.22. The molecule has 1 saturated carbocycles. The van der Waals surface area contributed by atoms with Crippen molar-refractivity contribution in [3.63, 3.8) is 0 Å². The summed E-state index contributed by atoms with van der Waals surface area (Å²) >= 11 is 1.77. The lowest BCUT2D eigenvalue weighted by Crippen LogP contribution is -2.21. The van der Waals surface area contributed by atoms with Crippen LogP contribution in [0.5, 0.6) is 0 Å². The summed E-state index contributed by atoms with van der Waals surface area (Å²) in [6, 6.07) is 11.4. The molecule has 0 unspecified atom stereocenters. The minimum absolute atomic E-state index is 0.583. The van der Waals surface area contributed by atoms with E-state index in [-0.39, 0.29) is 0 Å². The average Bonchev–Trinajstić information content (AvgIpc) is 3.54. The average molecular weight is 429 g/mol. The Bertz CT molecular complexity index is 1330. The number of imidazole rings is 2. The summed E-state index contributed by atoms with van der Waals surface area (Å²) < 4.78 is 5.39. The van der Waals surface area contributed by atoms with Crippen molar-refractivity contribution >= 4 is 32.3 Å². The minimum Gasteiger partial charge on any atom is -0.359 e. The Morgan fingerprint density at radius 1 is 1.06 bits per heavy atom. The Labute approximate surface area is 184 Å². The number of nitrogens with zero attached hydrogens (tertiary/aromatic N) is 5. The lowest BCUT2D eigenvalue weighted by molar-refractivity contribution is 0.462. The number of aromatic nitrogens is 5. The molecule has 1 aromatic carbocycles. The van der Waals surface area contributed by atoms with Crippen LogP contribution in [0.3, 0.4) is 0 Å². The van der Waals surface area contributed by atoms with Crippen LogP contribution in [0.25, 0.3) is 21.6 Å². The number of benzene rings is 1. The molecule has 6 rings (SSSR count). The summed E-state index contributed by atoms with van der Waals surface area (Å²) in [5, 5.41) is 4.72. The van der Waals surface area contributed by atoms with Crippen LogP contribution < -0.4 is 5.32 Å². The molecule has 5 aromatic rings. The molecule has 0 radical (unpaired) electrons. The van der Waals surface area contributed by atoms with E-state index >= 15 is 0 Å². The molecular formula is C24H24N6S. The molecule has 1 aliphatic rings. The monoisotopic (exact) mass is 428 g/mol. The summed E-state index contributed by atoms with van der Waals surface area (Å²) in [6.45, 7) is 0. The van der Waals surface area contributed by atoms with Crippen molar-refractivity contribution in [1.82, 2.24) is 23.9 Å². The van der Waals surface area contributed by atoms with E-state index in [0.29, 0.717) is 6.04 Å². The highest BCUT2D eigenvalue weighted by atomic mass is 32.1. The highest BCUT2D eigenvalue weighted by Gasteiger charge is 2.15. The van der Waals surface area contributed by atoms with Crippen LogP contribution in [0.2, 0.25) is 0 Å². The molecule has 7 heteroatoms. The normalized spacial score (nSPS) is 15.1. The number of fused-ring (bicyclic) bond motifs is 2. The lowest BCUT2D eigenvalue weighted by atomic mass is 9.96. The van der Waals surface area contributed by atoms with E-state index in [2.05, 4.69) is 56.2 Å². The van der Waals surface area contributed by atoms with Crippen molar-refractivity contribution in [2.75, 3.05) is 5.32 Å². The van der Waals surface area contributed by atoms with Crippen molar-refractivity contribution in [1.29, 1.82) is 0 Å². The third-order valence-electron chi connectivity index (χ3n) is 6.15. The minimum atomic E-state index is 0.583. The van der Waals surface area contributed by atoms with Crippen LogP contribution >= 0.6 is 11.3 Å². The molecule has 156 valence electrons. The quantitative estimate of drug-likeness (QED) is 0.403. The van der Waals surface area contributed by atoms with Crippen LogP contribution in [0.15, 0.2) is 61.4 Å². The van der Waals surface area contributed by atoms with Gasteiger partial charge in [0, 0.05) is 49.0 Å². The number of thiazole rings is 1. The van der Waals surface area contributed by atoms with E-state index < -0.39 is 0 Å². The second kappa shape index (κ2) is 7.81. The van der Waals surface area contributed by atoms with Crippen LogP contribution in [0.1, 0.15) is 43.4 Å². The number of nitrogens with one attached hydrogen (secondary N) is 1. The number of hydrogen-bond acceptors (Lipinski definition) is 5. The molecule has 0 atom stereocenters. The third-order valence-corrected chi connectivity index (χ3v) is 7.10. The summed E-state index contributed by atoms with van der Waals surface area (Å²) in [7, 11) is 0. The van der Waals surface area contributed by atoms with Crippen molar-refractivity contribution in [2.45, 2.75) is 44.6 Å². The second-order valence-electron chi connectivity index (χ2n) is 8.31. The van der Waals surface area contributed by atoms with Gasteiger partial charge >= 0.3 is 0 Å². The zero-order valence-electron chi connectivity index (χ0n) is 17.2. The zero-order chi connectivity index (χ0) is 20.6. The Kier molecular flexibility index (Phi) is 4.68. The van der Waals surface area contributed by atoms with Crippen molar-refractivity contribution < 1.29 is 0 Å². The maximum Gasteiger partial charge on any atom is 0.184 e. The van der Waals surface area contributed by atoms with Crippen LogP contribution in [0, 0.1) is 0 Å². The standard InChI is InChI=1S/C24H24N6S/c1-2-4-18(5-3-1)27-24-28-21-7-6-17(13-22(21)31-24)12-20-15-26-23-14-19(8-10-30(20)23)29-11-9-25-16-29/h6-11,13-16,18H,1-5,12H2,(H,27,28). The molecule has 4 aromatic heterocycles. The van der Waals surface area contributed by atoms with Crippen molar-refractivity contribution in [3.8, 4) is 5.69 Å². The largest absolute Gasteiger partial charge is 0.359 e. The Morgan fingerprint density at radius 2 is 2.00 bits per heavy atom. The van der Waals surface area contributed by atoms with Crippen LogP contribution in [-0.4, -0.2) is 30.0 Å². The van der Waals surface area contributed by atoms with Gasteiger partial charge in [0.05, 0.1) is 22.2 Å². The predicted octanol–water partition coefficient (Wildman–Crippen LogP) is 5.47. The first kappa shape index (κ1) is 18.6. The van der Waals surface area contributed by atoms with E-state index in [1.165, 1.54) is 48.1 Å². The Hall–Kier alpha value is -3.19. The summed E-state index contributed by atoms with van der Waals surface area (Å²) in [5.74, 6) is 0. The molecule has 1 aliphatic carbocycles. The summed E-state index contributed by atoms with van der Waals surface area (Å²) in [4.78, 5) is 13.6. The molecule has 0 aliphatic heterocycles. The molecule has 4 heterocycles. The van der Waals surface area contributed by atoms with Crippen molar-refractivity contribution in [2.24, 2.45) is 0 Å². The van der Waals surface area contributed by atoms with Gasteiger partial charge in [-0.25, -0.2) is 15.0 Å². The smallest absolute Gasteiger partial charge is 0.184 e. The van der Waals surface area contributed by atoms with E-state index in [9.17, 15) is 0 Å². The predicted molar refractivity (Wildman–Crippen MR) is 125 cm³/mol. The Balaban J connectivity index is 1.24. The molecule has 0 amide bonds. The first-order valence-electron chi connectivity index (χ1n) is 10.9. The van der Waals surface area contributed by atoms with Gasteiger partial charge in [-0.15, -0.1) is 0 Å². The van der Waals surface area contributed by atoms with Gasteiger partial charge in [-0.05, 0) is 36.6 Å². The zero-order valence-corrected chi connectivity index (χ0v) is 18.1. The summed E-state index contributed by atoms with van der Waals surface area (Å²) in [5.41, 5.74) is 5.54. The summed E-state index contributed by atoms with van der Waals surface area (Å²) in [6.07, 6.45) is 17.0. The highest BCUT2D eigenvalue weighted by Crippen LogP contribution is 2.30. The van der Waals surface area contributed by atoms with E-state index in [4.69, 9.17) is 4.98 Å². The maximum absolute atomic E-state index is 4.81. The number of pyridine rings is 1. The molecule has 6 nitrogen and oxygen atoms in total. The molecule has 1 N–H and O–H groups in total. The van der Waals surface area contributed by atoms with Gasteiger partial charge in [-0.3, -0.25) is 0 Å². The SMILES string of the molecule is c1cn(-c2ccn3c(Cc4ccc5nc(NC6CCCCC6)sc5c4)cnc3c2)cn1. The highest BCUT2D eigenvalue weighted by molar-refractivity contribution is 7.22. The Morgan fingerprint density at radius 3 is 2.87 bits per heavy atom. The van der Waals surface area contributed by atoms with Gasteiger partial charge < -0.3 is 14.3 Å². The molecule has 0 spiro atoms. The molecule has 31 heavy (non-hydrogen) atoms. The first-order valence-corrected chi connectivity index (χ1v) is 11.7. The molecule has 0 bridgehead atoms. The number of hydrogen-bond donors (Lipinski definition) is 1. The van der Waals surface area contributed by atoms with E-state index in [1.807, 2.05) is 17.0 Å². The van der Waals surface area contributed by atoms with Gasteiger partial charge in [0.1, 0.15) is 5.65 Å². The molecule has 1 fully saturated rings. The number of anilines is 1.